The van der Waals surface area contributed by atoms with E-state index in [0.717, 1.165) is 17.5 Å². The third kappa shape index (κ3) is 2.95. The van der Waals surface area contributed by atoms with Gasteiger partial charge in [-0.25, -0.2) is 4.98 Å². The molecule has 1 N–H and O–H groups in total. The van der Waals surface area contributed by atoms with Crippen molar-refractivity contribution in [3.8, 4) is 11.4 Å². The summed E-state index contributed by atoms with van der Waals surface area (Å²) in [6, 6.07) is 9.52. The molecule has 1 aromatic carbocycles. The molecule has 0 saturated carbocycles. The average molecular weight is 312 g/mol. The van der Waals surface area contributed by atoms with E-state index in [2.05, 4.69) is 10.3 Å². The molecule has 8 heteroatoms. The number of nitro groups is 1. The van der Waals surface area contributed by atoms with Gasteiger partial charge < -0.3 is 14.3 Å². The number of anilines is 1. The lowest BCUT2D eigenvalue weighted by Crippen LogP contribution is -2.10. The van der Waals surface area contributed by atoms with Crippen molar-refractivity contribution >= 4 is 17.5 Å². The molecule has 0 aliphatic rings. The first-order valence-corrected chi connectivity index (χ1v) is 6.68. The number of carbonyl (C=O) groups is 1. The zero-order valence-electron chi connectivity index (χ0n) is 12.1. The molecule has 0 unspecified atom stereocenters. The summed E-state index contributed by atoms with van der Waals surface area (Å²) in [5, 5.41) is 13.2. The summed E-state index contributed by atoms with van der Waals surface area (Å²) in [4.78, 5) is 26.2. The fraction of sp³-hybridized carbons (Fsp3) is 0.0667. The molecule has 116 valence electrons. The van der Waals surface area contributed by atoms with Crippen molar-refractivity contribution < 1.29 is 14.1 Å². The van der Waals surface area contributed by atoms with Crippen molar-refractivity contribution in [2.24, 2.45) is 7.05 Å². The molecule has 0 radical (unpaired) electrons. The van der Waals surface area contributed by atoms with Crippen LogP contribution in [-0.4, -0.2) is 20.4 Å². The lowest BCUT2D eigenvalue weighted by Gasteiger charge is -2.06. The van der Waals surface area contributed by atoms with Gasteiger partial charge in [-0.15, -0.1) is 0 Å². The monoisotopic (exact) mass is 312 g/mol. The van der Waals surface area contributed by atoms with Gasteiger partial charge in [0.2, 0.25) is 0 Å². The van der Waals surface area contributed by atoms with Gasteiger partial charge >= 0.3 is 5.88 Å². The molecule has 3 aromatic rings. The first-order chi connectivity index (χ1) is 11.0. The highest BCUT2D eigenvalue weighted by Crippen LogP contribution is 2.22. The number of carbonyl (C=O) groups excluding carboxylic acids is 1. The lowest BCUT2D eigenvalue weighted by atomic mass is 10.2. The Morgan fingerprint density at radius 3 is 2.83 bits per heavy atom. The zero-order chi connectivity index (χ0) is 16.4. The molecule has 0 spiro atoms. The summed E-state index contributed by atoms with van der Waals surface area (Å²) in [6.45, 7) is 0. The topological polar surface area (TPSA) is 103 Å². The Bertz CT molecular complexity index is 881. The molecule has 1 amide bonds. The number of hydrogen-bond donors (Lipinski definition) is 1. The predicted molar refractivity (Wildman–Crippen MR) is 82.0 cm³/mol. The summed E-state index contributed by atoms with van der Waals surface area (Å²) in [5.41, 5.74) is 1.37. The number of hydrogen-bond acceptors (Lipinski definition) is 5. The number of benzene rings is 1. The number of aromatic nitrogens is 2. The minimum atomic E-state index is -0.696. The minimum Gasteiger partial charge on any atom is -0.395 e. The Kier molecular flexibility index (Phi) is 3.63. The van der Waals surface area contributed by atoms with Gasteiger partial charge in [0.05, 0.1) is 6.07 Å². The van der Waals surface area contributed by atoms with Crippen LogP contribution in [0.5, 0.6) is 0 Å². The van der Waals surface area contributed by atoms with Crippen molar-refractivity contribution in [1.29, 1.82) is 0 Å². The molecule has 3 rings (SSSR count). The fourth-order valence-corrected chi connectivity index (χ4v) is 2.12. The van der Waals surface area contributed by atoms with Gasteiger partial charge in [-0.3, -0.25) is 14.9 Å². The van der Waals surface area contributed by atoms with Crippen molar-refractivity contribution in [2.75, 3.05) is 5.32 Å². The quantitative estimate of drug-likeness (QED) is 0.589. The summed E-state index contributed by atoms with van der Waals surface area (Å²) in [7, 11) is 1.87. The Morgan fingerprint density at radius 2 is 2.17 bits per heavy atom. The number of rotatable bonds is 4. The normalized spacial score (nSPS) is 10.5. The lowest BCUT2D eigenvalue weighted by molar-refractivity contribution is -0.402. The second kappa shape index (κ2) is 5.76. The van der Waals surface area contributed by atoms with Crippen LogP contribution in [0.4, 0.5) is 11.6 Å². The molecule has 0 atom stereocenters. The van der Waals surface area contributed by atoms with Gasteiger partial charge in [0.1, 0.15) is 10.7 Å². The van der Waals surface area contributed by atoms with Gasteiger partial charge in [-0.05, 0) is 18.2 Å². The van der Waals surface area contributed by atoms with Crippen LogP contribution in [-0.2, 0) is 7.05 Å². The number of nitrogens with one attached hydrogen (secondary N) is 1. The van der Waals surface area contributed by atoms with E-state index in [1.54, 1.807) is 24.4 Å². The van der Waals surface area contributed by atoms with E-state index < -0.39 is 16.7 Å². The van der Waals surface area contributed by atoms with E-state index in [9.17, 15) is 14.9 Å². The molecule has 8 nitrogen and oxygen atoms in total. The van der Waals surface area contributed by atoms with Crippen LogP contribution in [0, 0.1) is 10.1 Å². The molecular weight excluding hydrogens is 300 g/mol. The molecule has 0 saturated heterocycles. The maximum Gasteiger partial charge on any atom is 0.433 e. The predicted octanol–water partition coefficient (Wildman–Crippen LogP) is 2.84. The molecule has 0 aliphatic heterocycles. The molecule has 0 fully saturated rings. The van der Waals surface area contributed by atoms with Crippen LogP contribution in [0.1, 0.15) is 10.6 Å². The first kappa shape index (κ1) is 14.5. The number of nitrogens with zero attached hydrogens (tertiary/aromatic N) is 3. The van der Waals surface area contributed by atoms with Gasteiger partial charge in [-0.1, -0.05) is 12.1 Å². The van der Waals surface area contributed by atoms with Crippen LogP contribution in [0.15, 0.2) is 53.2 Å². The van der Waals surface area contributed by atoms with Gasteiger partial charge in [0.15, 0.2) is 5.76 Å². The molecule has 2 heterocycles. The Morgan fingerprint density at radius 1 is 1.35 bits per heavy atom. The smallest absolute Gasteiger partial charge is 0.395 e. The highest BCUT2D eigenvalue weighted by Gasteiger charge is 2.17. The van der Waals surface area contributed by atoms with E-state index >= 15 is 0 Å². The summed E-state index contributed by atoms with van der Waals surface area (Å²) < 4.78 is 6.73. The van der Waals surface area contributed by atoms with Crippen LogP contribution in [0.2, 0.25) is 0 Å². The van der Waals surface area contributed by atoms with E-state index in [0.29, 0.717) is 5.69 Å². The number of amides is 1. The fourth-order valence-electron chi connectivity index (χ4n) is 2.12. The van der Waals surface area contributed by atoms with Gasteiger partial charge in [0, 0.05) is 30.7 Å². The van der Waals surface area contributed by atoms with E-state index in [1.165, 1.54) is 6.07 Å². The number of furan rings is 1. The van der Waals surface area contributed by atoms with E-state index in [1.807, 2.05) is 23.9 Å². The maximum atomic E-state index is 12.1. The minimum absolute atomic E-state index is 0.126. The van der Waals surface area contributed by atoms with Crippen LogP contribution >= 0.6 is 0 Å². The van der Waals surface area contributed by atoms with Crippen molar-refractivity contribution in [1.82, 2.24) is 9.55 Å². The van der Waals surface area contributed by atoms with Crippen molar-refractivity contribution in [3.63, 3.8) is 0 Å². The molecule has 0 bridgehead atoms. The summed E-state index contributed by atoms with van der Waals surface area (Å²) in [5.74, 6) is -0.402. The SMILES string of the molecule is Cn1ccnc1-c1cccc(NC(=O)c2ccc([N+](=O)[O-])o2)c1. The summed E-state index contributed by atoms with van der Waals surface area (Å²) >= 11 is 0. The van der Waals surface area contributed by atoms with Crippen molar-refractivity contribution in [3.05, 3.63) is 64.7 Å². The van der Waals surface area contributed by atoms with Gasteiger partial charge in [0.25, 0.3) is 5.91 Å². The Hall–Kier alpha value is -3.42. The first-order valence-electron chi connectivity index (χ1n) is 6.68. The van der Waals surface area contributed by atoms with Crippen LogP contribution in [0.3, 0.4) is 0 Å². The zero-order valence-corrected chi connectivity index (χ0v) is 12.1. The standard InChI is InChI=1S/C15H12N4O4/c1-18-8-7-16-14(18)10-3-2-4-11(9-10)17-15(20)12-5-6-13(23-12)19(21)22/h2-9H,1H3,(H,17,20). The summed E-state index contributed by atoms with van der Waals surface area (Å²) in [6.07, 6.45) is 3.51. The highest BCUT2D eigenvalue weighted by molar-refractivity contribution is 6.02. The molecule has 2 aromatic heterocycles. The number of aryl methyl sites for hydroxylation is 1. The Labute approximate surface area is 130 Å². The second-order valence-corrected chi connectivity index (χ2v) is 4.79. The second-order valence-electron chi connectivity index (χ2n) is 4.79. The third-order valence-electron chi connectivity index (χ3n) is 3.20. The molecular formula is C15H12N4O4. The largest absolute Gasteiger partial charge is 0.433 e. The molecule has 23 heavy (non-hydrogen) atoms. The average Bonchev–Trinajstić information content (AvgIpc) is 3.16. The van der Waals surface area contributed by atoms with Crippen molar-refractivity contribution in [2.45, 2.75) is 0 Å². The van der Waals surface area contributed by atoms with Gasteiger partial charge in [-0.2, -0.15) is 0 Å². The number of imidazole rings is 1. The van der Waals surface area contributed by atoms with E-state index in [4.69, 9.17) is 4.42 Å². The Balaban J connectivity index is 1.81. The third-order valence-corrected chi connectivity index (χ3v) is 3.20. The highest BCUT2D eigenvalue weighted by atomic mass is 16.6. The molecule has 0 aliphatic carbocycles. The van der Waals surface area contributed by atoms with Crippen LogP contribution < -0.4 is 5.32 Å². The van der Waals surface area contributed by atoms with E-state index in [-0.39, 0.29) is 5.76 Å². The maximum absolute atomic E-state index is 12.1. The van der Waals surface area contributed by atoms with Crippen LogP contribution in [0.25, 0.3) is 11.4 Å².